The molecule has 24 heavy (non-hydrogen) atoms. The maximum absolute atomic E-state index is 13.5. The third-order valence-corrected chi connectivity index (χ3v) is 5.92. The molecule has 4 aliphatic rings. The first-order chi connectivity index (χ1) is 11.7. The Morgan fingerprint density at radius 1 is 0.875 bits per heavy atom. The van der Waals surface area contributed by atoms with Gasteiger partial charge >= 0.3 is 0 Å². The number of rotatable bonds is 1. The van der Waals surface area contributed by atoms with Crippen LogP contribution in [0.5, 0.6) is 0 Å². The van der Waals surface area contributed by atoms with Crippen LogP contribution in [0.4, 0.5) is 5.69 Å². The van der Waals surface area contributed by atoms with Crippen LogP contribution < -0.4 is 4.90 Å². The van der Waals surface area contributed by atoms with Gasteiger partial charge in [-0.3, -0.25) is 9.69 Å². The van der Waals surface area contributed by atoms with E-state index in [4.69, 9.17) is 11.6 Å². The zero-order valence-electron chi connectivity index (χ0n) is 13.0. The predicted molar refractivity (Wildman–Crippen MR) is 96.5 cm³/mol. The highest BCUT2D eigenvalue weighted by molar-refractivity contribution is 6.30. The molecule has 1 saturated heterocycles. The highest BCUT2D eigenvalue weighted by atomic mass is 35.5. The molecule has 2 fully saturated rings. The van der Waals surface area contributed by atoms with Gasteiger partial charge < -0.3 is 0 Å². The van der Waals surface area contributed by atoms with Crippen molar-refractivity contribution in [1.29, 1.82) is 0 Å². The van der Waals surface area contributed by atoms with Crippen molar-refractivity contribution in [2.75, 3.05) is 4.90 Å². The summed E-state index contributed by atoms with van der Waals surface area (Å²) < 4.78 is 0. The summed E-state index contributed by atoms with van der Waals surface area (Å²) >= 11 is 6.03. The van der Waals surface area contributed by atoms with Gasteiger partial charge in [-0.05, 0) is 30.3 Å². The van der Waals surface area contributed by atoms with E-state index in [1.165, 1.54) is 0 Å². The molecule has 1 aromatic carbocycles. The van der Waals surface area contributed by atoms with Crippen LogP contribution in [0.1, 0.15) is 0 Å². The molecule has 3 aliphatic carbocycles. The zero-order valence-corrected chi connectivity index (χ0v) is 13.7. The number of carbonyl (C=O) groups is 1. The first kappa shape index (κ1) is 14.1. The Morgan fingerprint density at radius 3 is 2.25 bits per heavy atom. The molecule has 5 rings (SSSR count). The van der Waals surface area contributed by atoms with Gasteiger partial charge in [-0.2, -0.15) is 0 Å². The molecule has 1 amide bonds. The molecule has 118 valence electrons. The summed E-state index contributed by atoms with van der Waals surface area (Å²) in [5.41, 5.74) is 1.58. The van der Waals surface area contributed by atoms with Gasteiger partial charge in [0.15, 0.2) is 0 Å². The summed E-state index contributed by atoms with van der Waals surface area (Å²) in [5, 5.41) is 0.678. The van der Waals surface area contributed by atoms with E-state index in [0.717, 1.165) is 11.4 Å². The topological polar surface area (TPSA) is 20.3 Å². The van der Waals surface area contributed by atoms with E-state index >= 15 is 0 Å². The molecule has 1 spiro atoms. The van der Waals surface area contributed by atoms with E-state index in [1.807, 2.05) is 41.3 Å². The quantitative estimate of drug-likeness (QED) is 0.731. The SMILES string of the molecule is O=C1N(c2ccc(Cl)cc2)C2=CC=CC=CC2C12C1C=CC=CC12. The van der Waals surface area contributed by atoms with Crippen molar-refractivity contribution in [2.45, 2.75) is 0 Å². The molecule has 1 saturated carbocycles. The Labute approximate surface area is 146 Å². The second kappa shape index (κ2) is 4.84. The van der Waals surface area contributed by atoms with Gasteiger partial charge in [0.1, 0.15) is 0 Å². The van der Waals surface area contributed by atoms with Crippen LogP contribution in [0.3, 0.4) is 0 Å². The summed E-state index contributed by atoms with van der Waals surface area (Å²) in [6.07, 6.45) is 18.9. The second-order valence-corrected chi connectivity index (χ2v) is 7.15. The van der Waals surface area contributed by atoms with Crippen LogP contribution in [-0.4, -0.2) is 5.91 Å². The standard InChI is InChI=1S/C21H16ClNO/c22-14-10-12-15(13-11-14)23-19-9-3-1-2-8-18(19)21(20(23)24)16-6-4-5-7-17(16)21/h1-13,16-18H. The van der Waals surface area contributed by atoms with Crippen molar-refractivity contribution in [3.05, 3.63) is 89.7 Å². The summed E-state index contributed by atoms with van der Waals surface area (Å²) in [5.74, 6) is 0.900. The number of hydrogen-bond acceptors (Lipinski definition) is 1. The molecule has 1 heterocycles. The highest BCUT2D eigenvalue weighted by Crippen LogP contribution is 2.71. The molecule has 0 N–H and O–H groups in total. The van der Waals surface area contributed by atoms with Gasteiger partial charge in [0.05, 0.1) is 5.41 Å². The number of nitrogens with zero attached hydrogens (tertiary/aromatic N) is 1. The summed E-state index contributed by atoms with van der Waals surface area (Å²) in [7, 11) is 0. The van der Waals surface area contributed by atoms with Gasteiger partial charge in [-0.1, -0.05) is 60.2 Å². The van der Waals surface area contributed by atoms with Crippen molar-refractivity contribution in [3.8, 4) is 0 Å². The number of carbonyl (C=O) groups excluding carboxylic acids is 1. The normalized spacial score (nSPS) is 35.0. The third kappa shape index (κ3) is 1.64. The number of anilines is 1. The number of benzene rings is 1. The summed E-state index contributed by atoms with van der Waals surface area (Å²) in [4.78, 5) is 15.4. The summed E-state index contributed by atoms with van der Waals surface area (Å²) in [6.45, 7) is 0. The maximum atomic E-state index is 13.5. The lowest BCUT2D eigenvalue weighted by molar-refractivity contribution is -0.122. The minimum Gasteiger partial charge on any atom is -0.284 e. The Morgan fingerprint density at radius 2 is 1.54 bits per heavy atom. The number of allylic oxidation sites excluding steroid dienone is 9. The fourth-order valence-corrected chi connectivity index (χ4v) is 4.73. The molecular formula is C21H16ClNO. The number of fused-ring (bicyclic) bond motifs is 5. The van der Waals surface area contributed by atoms with E-state index in [0.29, 0.717) is 16.9 Å². The minimum absolute atomic E-state index is 0.109. The third-order valence-electron chi connectivity index (χ3n) is 5.67. The molecule has 2 nitrogen and oxygen atoms in total. The Hall–Kier alpha value is -2.32. The fourth-order valence-electron chi connectivity index (χ4n) is 4.60. The molecule has 0 radical (unpaired) electrons. The first-order valence-electron chi connectivity index (χ1n) is 8.25. The monoisotopic (exact) mass is 333 g/mol. The molecule has 3 unspecified atom stereocenters. The molecule has 3 heteroatoms. The van der Waals surface area contributed by atoms with Crippen molar-refractivity contribution < 1.29 is 4.79 Å². The Balaban J connectivity index is 1.68. The van der Waals surface area contributed by atoms with Gasteiger partial charge in [0.25, 0.3) is 0 Å². The van der Waals surface area contributed by atoms with Crippen LogP contribution in [0, 0.1) is 23.2 Å². The van der Waals surface area contributed by atoms with E-state index < -0.39 is 0 Å². The Bertz CT molecular complexity index is 854. The zero-order chi connectivity index (χ0) is 16.3. The molecule has 1 aliphatic heterocycles. The second-order valence-electron chi connectivity index (χ2n) is 6.71. The highest BCUT2D eigenvalue weighted by Gasteiger charge is 2.75. The Kier molecular flexibility index (Phi) is 2.84. The molecule has 1 aromatic rings. The van der Waals surface area contributed by atoms with E-state index in [1.54, 1.807) is 0 Å². The lowest BCUT2D eigenvalue weighted by Crippen LogP contribution is -2.28. The summed E-state index contributed by atoms with van der Waals surface area (Å²) in [6, 6.07) is 7.53. The average molecular weight is 334 g/mol. The first-order valence-corrected chi connectivity index (χ1v) is 8.62. The van der Waals surface area contributed by atoms with E-state index in [2.05, 4.69) is 42.5 Å². The average Bonchev–Trinajstić information content (AvgIpc) is 3.27. The fraction of sp³-hybridized carbons (Fsp3) is 0.190. The van der Waals surface area contributed by atoms with Crippen LogP contribution in [0.15, 0.2) is 84.6 Å². The number of hydrogen-bond donors (Lipinski definition) is 0. The maximum Gasteiger partial charge on any atom is 0.239 e. The van der Waals surface area contributed by atoms with Crippen molar-refractivity contribution >= 4 is 23.2 Å². The molecule has 3 atom stereocenters. The lowest BCUT2D eigenvalue weighted by atomic mass is 9.86. The van der Waals surface area contributed by atoms with Crippen LogP contribution in [0.25, 0.3) is 0 Å². The lowest BCUT2D eigenvalue weighted by Gasteiger charge is -2.19. The molecule has 0 bridgehead atoms. The molecule has 0 aromatic heterocycles. The van der Waals surface area contributed by atoms with Gasteiger partial charge in [0, 0.05) is 34.2 Å². The van der Waals surface area contributed by atoms with Crippen LogP contribution >= 0.6 is 11.6 Å². The number of amides is 1. The number of halogens is 1. The van der Waals surface area contributed by atoms with Crippen LogP contribution in [0.2, 0.25) is 5.02 Å². The van der Waals surface area contributed by atoms with Crippen molar-refractivity contribution in [2.24, 2.45) is 23.2 Å². The molecular weight excluding hydrogens is 318 g/mol. The van der Waals surface area contributed by atoms with Gasteiger partial charge in [-0.15, -0.1) is 0 Å². The van der Waals surface area contributed by atoms with Gasteiger partial charge in [0.2, 0.25) is 5.91 Å². The predicted octanol–water partition coefficient (Wildman–Crippen LogP) is 4.67. The van der Waals surface area contributed by atoms with Crippen molar-refractivity contribution in [1.82, 2.24) is 0 Å². The minimum atomic E-state index is -0.364. The van der Waals surface area contributed by atoms with Crippen molar-refractivity contribution in [3.63, 3.8) is 0 Å². The van der Waals surface area contributed by atoms with E-state index in [9.17, 15) is 4.79 Å². The van der Waals surface area contributed by atoms with E-state index in [-0.39, 0.29) is 17.2 Å². The van der Waals surface area contributed by atoms with Crippen LogP contribution in [-0.2, 0) is 4.79 Å². The van der Waals surface area contributed by atoms with Gasteiger partial charge in [-0.25, -0.2) is 0 Å². The smallest absolute Gasteiger partial charge is 0.239 e. The largest absolute Gasteiger partial charge is 0.284 e.